The average molecular weight is 310 g/mol. The Balaban J connectivity index is 2.44. The molecule has 3 nitrogen and oxygen atoms in total. The lowest BCUT2D eigenvalue weighted by Gasteiger charge is -2.19. The molecule has 2 aromatic carbocycles. The number of hydrogen-bond acceptors (Lipinski definition) is 3. The molecule has 2 aromatic rings. The third-order valence-corrected chi connectivity index (χ3v) is 3.63. The van der Waals surface area contributed by atoms with Gasteiger partial charge in [0, 0.05) is 11.6 Å². The van der Waals surface area contributed by atoms with Crippen molar-refractivity contribution in [3.63, 3.8) is 0 Å². The van der Waals surface area contributed by atoms with Crippen molar-refractivity contribution >= 4 is 11.6 Å². The second-order valence-corrected chi connectivity index (χ2v) is 4.91. The molecule has 0 aliphatic heterocycles. The van der Waals surface area contributed by atoms with E-state index < -0.39 is 0 Å². The maximum Gasteiger partial charge on any atom is 0.137 e. The van der Waals surface area contributed by atoms with E-state index in [1.54, 1.807) is 38.4 Å². The molecule has 0 heterocycles. The Hall–Kier alpha value is -1.78. The van der Waals surface area contributed by atoms with E-state index in [9.17, 15) is 4.39 Å². The Morgan fingerprint density at radius 1 is 1.10 bits per heavy atom. The molecule has 0 bridgehead atoms. The van der Waals surface area contributed by atoms with Gasteiger partial charge >= 0.3 is 0 Å². The predicted octanol–water partition coefficient (Wildman–Crippen LogP) is 3.81. The molecule has 0 spiro atoms. The lowest BCUT2D eigenvalue weighted by atomic mass is 9.98. The number of benzene rings is 2. The first-order chi connectivity index (χ1) is 10.1. The minimum Gasteiger partial charge on any atom is -0.497 e. The van der Waals surface area contributed by atoms with Crippen molar-refractivity contribution < 1.29 is 13.9 Å². The third-order valence-electron chi connectivity index (χ3n) is 3.32. The summed E-state index contributed by atoms with van der Waals surface area (Å²) in [5, 5.41) is 3.62. The lowest BCUT2D eigenvalue weighted by Crippen LogP contribution is -2.19. The summed E-state index contributed by atoms with van der Waals surface area (Å²) in [6.07, 6.45) is 0. The van der Waals surface area contributed by atoms with Gasteiger partial charge in [-0.15, -0.1) is 0 Å². The van der Waals surface area contributed by atoms with E-state index in [4.69, 9.17) is 21.1 Å². The molecule has 0 fully saturated rings. The summed E-state index contributed by atoms with van der Waals surface area (Å²) in [4.78, 5) is 0. The molecule has 1 unspecified atom stereocenters. The van der Waals surface area contributed by atoms with E-state index in [1.807, 2.05) is 6.07 Å². The standard InChI is InChI=1S/C16H17ClFNO2/c1-19-16(10-4-7-13(17)15(8-10)21-3)12-6-5-11(20-2)9-14(12)18/h4-9,16,19H,1-3H3. The van der Waals surface area contributed by atoms with Gasteiger partial charge < -0.3 is 14.8 Å². The Morgan fingerprint density at radius 3 is 2.43 bits per heavy atom. The molecule has 112 valence electrons. The van der Waals surface area contributed by atoms with Crippen LogP contribution < -0.4 is 14.8 Å². The van der Waals surface area contributed by atoms with E-state index in [2.05, 4.69) is 5.32 Å². The second-order valence-electron chi connectivity index (χ2n) is 4.50. The van der Waals surface area contributed by atoms with Gasteiger partial charge in [0.15, 0.2) is 0 Å². The number of nitrogens with one attached hydrogen (secondary N) is 1. The first-order valence-electron chi connectivity index (χ1n) is 6.44. The van der Waals surface area contributed by atoms with Gasteiger partial charge in [0.2, 0.25) is 0 Å². The highest BCUT2D eigenvalue weighted by Gasteiger charge is 2.18. The van der Waals surface area contributed by atoms with Crippen molar-refractivity contribution in [2.75, 3.05) is 21.3 Å². The van der Waals surface area contributed by atoms with Crippen LogP contribution in [0.4, 0.5) is 4.39 Å². The highest BCUT2D eigenvalue weighted by Crippen LogP contribution is 2.32. The average Bonchev–Trinajstić information content (AvgIpc) is 2.50. The zero-order valence-corrected chi connectivity index (χ0v) is 12.9. The number of halogens is 2. The maximum atomic E-state index is 14.2. The molecule has 0 aromatic heterocycles. The summed E-state index contributed by atoms with van der Waals surface area (Å²) >= 11 is 6.03. The molecule has 0 saturated carbocycles. The molecular formula is C16H17ClFNO2. The number of ether oxygens (including phenoxy) is 2. The van der Waals surface area contributed by atoms with Gasteiger partial charge in [-0.05, 0) is 30.8 Å². The molecule has 1 N–H and O–H groups in total. The van der Waals surface area contributed by atoms with E-state index in [-0.39, 0.29) is 11.9 Å². The largest absolute Gasteiger partial charge is 0.497 e. The van der Waals surface area contributed by atoms with Crippen LogP contribution in [0, 0.1) is 5.82 Å². The normalized spacial score (nSPS) is 12.0. The topological polar surface area (TPSA) is 30.5 Å². The van der Waals surface area contributed by atoms with Crippen molar-refractivity contribution in [3.8, 4) is 11.5 Å². The van der Waals surface area contributed by atoms with Gasteiger partial charge in [0.25, 0.3) is 0 Å². The van der Waals surface area contributed by atoms with Crippen LogP contribution in [0.5, 0.6) is 11.5 Å². The van der Waals surface area contributed by atoms with E-state index in [1.165, 1.54) is 13.2 Å². The van der Waals surface area contributed by atoms with Crippen LogP contribution in [0.1, 0.15) is 17.2 Å². The van der Waals surface area contributed by atoms with Crippen LogP contribution in [-0.4, -0.2) is 21.3 Å². The lowest BCUT2D eigenvalue weighted by molar-refractivity contribution is 0.409. The summed E-state index contributed by atoms with van der Waals surface area (Å²) in [5.41, 5.74) is 1.39. The Kier molecular flexibility index (Phi) is 5.04. The van der Waals surface area contributed by atoms with Gasteiger partial charge in [0.05, 0.1) is 25.3 Å². The molecule has 0 saturated heterocycles. The monoisotopic (exact) mass is 309 g/mol. The predicted molar refractivity (Wildman–Crippen MR) is 81.9 cm³/mol. The van der Waals surface area contributed by atoms with Crippen LogP contribution in [0.2, 0.25) is 5.02 Å². The zero-order valence-electron chi connectivity index (χ0n) is 12.1. The van der Waals surface area contributed by atoms with Crippen molar-refractivity contribution in [3.05, 3.63) is 58.4 Å². The Labute approximate surface area is 128 Å². The SMILES string of the molecule is CNC(c1ccc(Cl)c(OC)c1)c1ccc(OC)cc1F. The molecule has 5 heteroatoms. The van der Waals surface area contributed by atoms with Crippen LogP contribution in [0.3, 0.4) is 0 Å². The zero-order chi connectivity index (χ0) is 15.4. The second kappa shape index (κ2) is 6.78. The third kappa shape index (κ3) is 3.28. The van der Waals surface area contributed by atoms with Gasteiger partial charge in [0.1, 0.15) is 17.3 Å². The van der Waals surface area contributed by atoms with Gasteiger partial charge in [-0.2, -0.15) is 0 Å². The summed E-state index contributed by atoms with van der Waals surface area (Å²) in [7, 11) is 4.83. The smallest absolute Gasteiger partial charge is 0.137 e. The van der Waals surface area contributed by atoms with Gasteiger partial charge in [-0.25, -0.2) is 4.39 Å². The molecular weight excluding hydrogens is 293 g/mol. The summed E-state index contributed by atoms with van der Waals surface area (Å²) in [6.45, 7) is 0. The number of methoxy groups -OCH3 is 2. The van der Waals surface area contributed by atoms with Crippen molar-refractivity contribution in [1.82, 2.24) is 5.32 Å². The Bertz CT molecular complexity index is 634. The molecule has 0 aliphatic rings. The molecule has 0 aliphatic carbocycles. The van der Waals surface area contributed by atoms with Gasteiger partial charge in [-0.3, -0.25) is 0 Å². The number of rotatable bonds is 5. The fourth-order valence-electron chi connectivity index (χ4n) is 2.23. The number of hydrogen-bond donors (Lipinski definition) is 1. The molecule has 2 rings (SSSR count). The highest BCUT2D eigenvalue weighted by molar-refractivity contribution is 6.32. The summed E-state index contributed by atoms with van der Waals surface area (Å²) < 4.78 is 24.5. The minimum absolute atomic E-state index is 0.304. The van der Waals surface area contributed by atoms with E-state index in [0.29, 0.717) is 22.1 Å². The van der Waals surface area contributed by atoms with Gasteiger partial charge in [-0.1, -0.05) is 23.7 Å². The summed E-state index contributed by atoms with van der Waals surface area (Å²) in [6, 6.07) is 9.88. The first kappa shape index (κ1) is 15.6. The maximum absolute atomic E-state index is 14.2. The van der Waals surface area contributed by atoms with Crippen LogP contribution >= 0.6 is 11.6 Å². The molecule has 1 atom stereocenters. The molecule has 0 radical (unpaired) electrons. The quantitative estimate of drug-likeness (QED) is 0.911. The van der Waals surface area contributed by atoms with E-state index in [0.717, 1.165) is 5.56 Å². The van der Waals surface area contributed by atoms with Crippen molar-refractivity contribution in [1.29, 1.82) is 0 Å². The highest BCUT2D eigenvalue weighted by atomic mass is 35.5. The van der Waals surface area contributed by atoms with Crippen molar-refractivity contribution in [2.45, 2.75) is 6.04 Å². The molecule has 0 amide bonds. The van der Waals surface area contributed by atoms with Crippen LogP contribution in [-0.2, 0) is 0 Å². The van der Waals surface area contributed by atoms with Crippen LogP contribution in [0.15, 0.2) is 36.4 Å². The first-order valence-corrected chi connectivity index (χ1v) is 6.82. The van der Waals surface area contributed by atoms with E-state index >= 15 is 0 Å². The fraction of sp³-hybridized carbons (Fsp3) is 0.250. The van der Waals surface area contributed by atoms with Crippen molar-refractivity contribution in [2.24, 2.45) is 0 Å². The summed E-state index contributed by atoms with van der Waals surface area (Å²) in [5.74, 6) is 0.714. The van der Waals surface area contributed by atoms with Crippen LogP contribution in [0.25, 0.3) is 0 Å². The minimum atomic E-state index is -0.331. The Morgan fingerprint density at radius 2 is 1.86 bits per heavy atom. The molecule has 21 heavy (non-hydrogen) atoms. The fourth-order valence-corrected chi connectivity index (χ4v) is 2.42.